The fourth-order valence-corrected chi connectivity index (χ4v) is 2.59. The van der Waals surface area contributed by atoms with Gasteiger partial charge in [-0.2, -0.15) is 0 Å². The number of imidazole rings is 1. The van der Waals surface area contributed by atoms with Gasteiger partial charge in [0.2, 0.25) is 5.56 Å². The maximum Gasteiger partial charge on any atom is 0.249 e. The SMILES string of the molecule is CCCc1nc(C)c2c(C)nc3ccc(=O)[nH]c3n12. The van der Waals surface area contributed by atoms with Crippen LogP contribution >= 0.6 is 0 Å². The minimum Gasteiger partial charge on any atom is -0.306 e. The number of hydrogen-bond donors (Lipinski definition) is 1. The van der Waals surface area contributed by atoms with Gasteiger partial charge < -0.3 is 4.98 Å². The van der Waals surface area contributed by atoms with Crippen LogP contribution in [0, 0.1) is 13.8 Å². The van der Waals surface area contributed by atoms with E-state index in [1.165, 1.54) is 6.07 Å². The molecule has 0 atom stereocenters. The summed E-state index contributed by atoms with van der Waals surface area (Å²) in [5.41, 5.74) is 4.30. The predicted octanol–water partition coefficient (Wildman–Crippen LogP) is 2.14. The van der Waals surface area contributed by atoms with Crippen molar-refractivity contribution in [1.29, 1.82) is 0 Å². The summed E-state index contributed by atoms with van der Waals surface area (Å²) in [6, 6.07) is 3.26. The van der Waals surface area contributed by atoms with Gasteiger partial charge in [-0.1, -0.05) is 6.92 Å². The average molecular weight is 256 g/mol. The van der Waals surface area contributed by atoms with E-state index in [9.17, 15) is 4.79 Å². The van der Waals surface area contributed by atoms with Crippen LogP contribution < -0.4 is 5.56 Å². The Morgan fingerprint density at radius 1 is 1.21 bits per heavy atom. The van der Waals surface area contributed by atoms with Crippen LogP contribution in [0.25, 0.3) is 16.7 Å². The van der Waals surface area contributed by atoms with E-state index in [2.05, 4.69) is 21.9 Å². The molecule has 3 aromatic heterocycles. The zero-order valence-electron chi connectivity index (χ0n) is 11.3. The molecular weight excluding hydrogens is 240 g/mol. The summed E-state index contributed by atoms with van der Waals surface area (Å²) in [4.78, 5) is 23.6. The molecule has 3 heterocycles. The van der Waals surface area contributed by atoms with Crippen LogP contribution in [-0.4, -0.2) is 19.4 Å². The van der Waals surface area contributed by atoms with Crippen LogP contribution in [0.5, 0.6) is 0 Å². The van der Waals surface area contributed by atoms with Crippen LogP contribution in [0.2, 0.25) is 0 Å². The molecule has 0 amide bonds. The van der Waals surface area contributed by atoms with Crippen molar-refractivity contribution in [2.75, 3.05) is 0 Å². The molecule has 98 valence electrons. The van der Waals surface area contributed by atoms with E-state index >= 15 is 0 Å². The molecule has 0 saturated carbocycles. The minimum atomic E-state index is -0.117. The maximum atomic E-state index is 11.6. The number of nitrogens with zero attached hydrogens (tertiary/aromatic N) is 3. The lowest BCUT2D eigenvalue weighted by Crippen LogP contribution is -2.09. The van der Waals surface area contributed by atoms with E-state index in [0.717, 1.165) is 46.7 Å². The molecule has 0 aliphatic rings. The van der Waals surface area contributed by atoms with Crippen LogP contribution in [0.3, 0.4) is 0 Å². The molecule has 3 aromatic rings. The summed E-state index contributed by atoms with van der Waals surface area (Å²) in [6.45, 7) is 6.08. The quantitative estimate of drug-likeness (QED) is 0.764. The molecule has 0 saturated heterocycles. The normalized spacial score (nSPS) is 11.5. The first-order chi connectivity index (χ1) is 9.11. The Balaban J connectivity index is 2.56. The topological polar surface area (TPSA) is 63.0 Å². The number of H-pyrrole nitrogens is 1. The third kappa shape index (κ3) is 1.73. The third-order valence-electron chi connectivity index (χ3n) is 3.33. The molecule has 0 fully saturated rings. The van der Waals surface area contributed by atoms with Crippen molar-refractivity contribution in [3.8, 4) is 0 Å². The molecule has 19 heavy (non-hydrogen) atoms. The summed E-state index contributed by atoms with van der Waals surface area (Å²) in [5, 5.41) is 0. The van der Waals surface area contributed by atoms with Crippen molar-refractivity contribution in [2.45, 2.75) is 33.6 Å². The number of aromatic nitrogens is 4. The third-order valence-corrected chi connectivity index (χ3v) is 3.33. The smallest absolute Gasteiger partial charge is 0.249 e. The van der Waals surface area contributed by atoms with Crippen molar-refractivity contribution in [3.63, 3.8) is 0 Å². The number of hydrogen-bond acceptors (Lipinski definition) is 3. The molecule has 0 aromatic carbocycles. The molecule has 5 nitrogen and oxygen atoms in total. The van der Waals surface area contributed by atoms with Gasteiger partial charge in [-0.3, -0.25) is 9.20 Å². The molecule has 3 rings (SSSR count). The van der Waals surface area contributed by atoms with Crippen molar-refractivity contribution < 1.29 is 0 Å². The van der Waals surface area contributed by atoms with E-state index in [1.54, 1.807) is 6.07 Å². The van der Waals surface area contributed by atoms with Gasteiger partial charge in [-0.05, 0) is 26.3 Å². The van der Waals surface area contributed by atoms with Crippen molar-refractivity contribution in [2.24, 2.45) is 0 Å². The van der Waals surface area contributed by atoms with E-state index in [0.29, 0.717) is 0 Å². The number of fused-ring (bicyclic) bond motifs is 3. The van der Waals surface area contributed by atoms with Gasteiger partial charge in [0, 0.05) is 12.5 Å². The first kappa shape index (κ1) is 11.9. The Morgan fingerprint density at radius 3 is 2.68 bits per heavy atom. The predicted molar refractivity (Wildman–Crippen MR) is 74.6 cm³/mol. The Morgan fingerprint density at radius 2 is 1.95 bits per heavy atom. The van der Waals surface area contributed by atoms with Crippen LogP contribution in [0.15, 0.2) is 16.9 Å². The monoisotopic (exact) mass is 256 g/mol. The Bertz CT molecular complexity index is 829. The number of aryl methyl sites for hydroxylation is 3. The van der Waals surface area contributed by atoms with E-state index in [-0.39, 0.29) is 5.56 Å². The molecule has 0 aliphatic heterocycles. The van der Waals surface area contributed by atoms with Gasteiger partial charge in [-0.25, -0.2) is 9.97 Å². The number of aromatic amines is 1. The lowest BCUT2D eigenvalue weighted by molar-refractivity contribution is 0.832. The Hall–Kier alpha value is -2.17. The van der Waals surface area contributed by atoms with Crippen molar-refractivity contribution in [1.82, 2.24) is 19.4 Å². The summed E-state index contributed by atoms with van der Waals surface area (Å²) >= 11 is 0. The Labute approximate surface area is 110 Å². The summed E-state index contributed by atoms with van der Waals surface area (Å²) in [6.07, 6.45) is 1.89. The molecule has 0 unspecified atom stereocenters. The van der Waals surface area contributed by atoms with Crippen LogP contribution in [0.1, 0.15) is 30.6 Å². The van der Waals surface area contributed by atoms with Gasteiger partial charge in [0.15, 0.2) is 0 Å². The molecule has 0 radical (unpaired) electrons. The summed E-state index contributed by atoms with van der Waals surface area (Å²) in [5.74, 6) is 0.979. The van der Waals surface area contributed by atoms with Gasteiger partial charge in [-0.15, -0.1) is 0 Å². The number of pyridine rings is 1. The molecule has 0 aliphatic carbocycles. The minimum absolute atomic E-state index is 0.117. The van der Waals surface area contributed by atoms with E-state index in [1.807, 2.05) is 18.2 Å². The Kier molecular flexibility index (Phi) is 2.62. The highest BCUT2D eigenvalue weighted by Crippen LogP contribution is 2.21. The zero-order valence-corrected chi connectivity index (χ0v) is 11.3. The average Bonchev–Trinajstić information content (AvgIpc) is 2.69. The van der Waals surface area contributed by atoms with Gasteiger partial charge in [0.05, 0.1) is 16.9 Å². The zero-order chi connectivity index (χ0) is 13.6. The molecule has 5 heteroatoms. The standard InChI is InChI=1S/C14H16N4O/c1-4-5-11-16-9(3)13-8(2)15-10-6-7-12(19)17-14(10)18(11)13/h6-7H,4-5H2,1-3H3,(H,17,19). The second-order valence-corrected chi connectivity index (χ2v) is 4.80. The van der Waals surface area contributed by atoms with Crippen molar-refractivity contribution in [3.05, 3.63) is 39.7 Å². The highest BCUT2D eigenvalue weighted by molar-refractivity contribution is 5.77. The van der Waals surface area contributed by atoms with Crippen LogP contribution in [-0.2, 0) is 6.42 Å². The van der Waals surface area contributed by atoms with Crippen molar-refractivity contribution >= 4 is 16.7 Å². The molecule has 1 N–H and O–H groups in total. The fraction of sp³-hybridized carbons (Fsp3) is 0.357. The molecule has 0 bridgehead atoms. The van der Waals surface area contributed by atoms with E-state index in [4.69, 9.17) is 0 Å². The molecule has 0 spiro atoms. The van der Waals surface area contributed by atoms with Gasteiger partial charge in [0.25, 0.3) is 0 Å². The lowest BCUT2D eigenvalue weighted by atomic mass is 10.3. The largest absolute Gasteiger partial charge is 0.306 e. The number of rotatable bonds is 2. The second kappa shape index (κ2) is 4.19. The highest BCUT2D eigenvalue weighted by atomic mass is 16.1. The number of nitrogens with one attached hydrogen (secondary N) is 1. The highest BCUT2D eigenvalue weighted by Gasteiger charge is 2.14. The van der Waals surface area contributed by atoms with Gasteiger partial charge >= 0.3 is 0 Å². The molecular formula is C14H16N4O. The van der Waals surface area contributed by atoms with Crippen LogP contribution in [0.4, 0.5) is 0 Å². The fourth-order valence-electron chi connectivity index (χ4n) is 2.59. The van der Waals surface area contributed by atoms with Gasteiger partial charge in [0.1, 0.15) is 17.0 Å². The first-order valence-corrected chi connectivity index (χ1v) is 6.49. The summed E-state index contributed by atoms with van der Waals surface area (Å²) in [7, 11) is 0. The first-order valence-electron chi connectivity index (χ1n) is 6.49. The maximum absolute atomic E-state index is 11.6. The van der Waals surface area contributed by atoms with E-state index < -0.39 is 0 Å². The second-order valence-electron chi connectivity index (χ2n) is 4.80. The lowest BCUT2D eigenvalue weighted by Gasteiger charge is -2.07. The summed E-state index contributed by atoms with van der Waals surface area (Å²) < 4.78 is 2.04.